The van der Waals surface area contributed by atoms with Crippen LogP contribution in [0.25, 0.3) is 0 Å². The fourth-order valence-corrected chi connectivity index (χ4v) is 1.80. The first-order valence-electron chi connectivity index (χ1n) is 5.19. The highest BCUT2D eigenvalue weighted by molar-refractivity contribution is 9.10. The minimum Gasteiger partial charge on any atom is -0.323 e. The molecule has 1 heterocycles. The van der Waals surface area contributed by atoms with Crippen molar-refractivity contribution in [1.29, 1.82) is 0 Å². The molecule has 1 N–H and O–H groups in total. The average Bonchev–Trinajstić information content (AvgIpc) is 2.33. The third-order valence-electron chi connectivity index (χ3n) is 2.48. The SMILES string of the molecule is O=c1[nH]ccn(CCc2ccc(Br)cc2)c1=O. The largest absolute Gasteiger partial charge is 0.323 e. The smallest absolute Gasteiger partial charge is 0.316 e. The van der Waals surface area contributed by atoms with Crippen LogP contribution in [-0.2, 0) is 13.0 Å². The number of hydrogen-bond donors (Lipinski definition) is 1. The lowest BCUT2D eigenvalue weighted by atomic mass is 10.1. The average molecular weight is 295 g/mol. The van der Waals surface area contributed by atoms with Gasteiger partial charge >= 0.3 is 11.1 Å². The minimum absolute atomic E-state index is 0.504. The Morgan fingerprint density at radius 1 is 1.18 bits per heavy atom. The minimum atomic E-state index is -0.580. The zero-order valence-electron chi connectivity index (χ0n) is 9.02. The van der Waals surface area contributed by atoms with E-state index in [-0.39, 0.29) is 0 Å². The van der Waals surface area contributed by atoms with Crippen LogP contribution in [0.5, 0.6) is 0 Å². The molecular weight excluding hydrogens is 284 g/mol. The first kappa shape index (κ1) is 11.9. The molecule has 2 aromatic rings. The van der Waals surface area contributed by atoms with Gasteiger partial charge in [-0.05, 0) is 24.1 Å². The molecule has 1 aromatic carbocycles. The summed E-state index contributed by atoms with van der Waals surface area (Å²) in [6.07, 6.45) is 3.78. The van der Waals surface area contributed by atoms with E-state index in [2.05, 4.69) is 20.9 Å². The molecule has 0 aliphatic heterocycles. The van der Waals surface area contributed by atoms with Crippen molar-refractivity contribution in [3.8, 4) is 0 Å². The summed E-state index contributed by atoms with van der Waals surface area (Å²) in [6, 6.07) is 7.89. The Kier molecular flexibility index (Phi) is 3.58. The van der Waals surface area contributed by atoms with Gasteiger partial charge in [0.25, 0.3) is 0 Å². The molecule has 0 spiro atoms. The van der Waals surface area contributed by atoms with Crippen LogP contribution in [-0.4, -0.2) is 9.55 Å². The lowest BCUT2D eigenvalue weighted by molar-refractivity contribution is 0.656. The van der Waals surface area contributed by atoms with Crippen molar-refractivity contribution in [1.82, 2.24) is 9.55 Å². The van der Waals surface area contributed by atoms with Crippen LogP contribution >= 0.6 is 15.9 Å². The van der Waals surface area contributed by atoms with E-state index in [0.29, 0.717) is 6.54 Å². The predicted octanol–water partition coefficient (Wildman–Crippen LogP) is 1.54. The molecule has 0 aliphatic rings. The van der Waals surface area contributed by atoms with E-state index in [9.17, 15) is 9.59 Å². The van der Waals surface area contributed by atoms with E-state index < -0.39 is 11.1 Å². The van der Waals surface area contributed by atoms with Gasteiger partial charge in [0.15, 0.2) is 0 Å². The van der Waals surface area contributed by atoms with E-state index in [4.69, 9.17) is 0 Å². The summed E-state index contributed by atoms with van der Waals surface area (Å²) in [5, 5.41) is 0. The summed E-state index contributed by atoms with van der Waals surface area (Å²) in [6.45, 7) is 0.504. The molecule has 0 fully saturated rings. The van der Waals surface area contributed by atoms with E-state index in [1.165, 1.54) is 10.8 Å². The molecule has 0 bridgehead atoms. The maximum absolute atomic E-state index is 11.5. The molecule has 1 aromatic heterocycles. The first-order valence-corrected chi connectivity index (χ1v) is 5.99. The Hall–Kier alpha value is -1.62. The second-order valence-corrected chi connectivity index (χ2v) is 4.58. The number of rotatable bonds is 3. The van der Waals surface area contributed by atoms with Crippen LogP contribution in [0.2, 0.25) is 0 Å². The van der Waals surface area contributed by atoms with Crippen molar-refractivity contribution in [2.45, 2.75) is 13.0 Å². The third-order valence-corrected chi connectivity index (χ3v) is 3.01. The van der Waals surface area contributed by atoms with Crippen molar-refractivity contribution >= 4 is 15.9 Å². The number of H-pyrrole nitrogens is 1. The zero-order valence-corrected chi connectivity index (χ0v) is 10.6. The molecular formula is C12H11BrN2O2. The van der Waals surface area contributed by atoms with Gasteiger partial charge in [-0.15, -0.1) is 0 Å². The second-order valence-electron chi connectivity index (χ2n) is 3.66. The van der Waals surface area contributed by atoms with Crippen LogP contribution < -0.4 is 11.1 Å². The number of nitrogens with one attached hydrogen (secondary N) is 1. The van der Waals surface area contributed by atoms with Gasteiger partial charge in [0, 0.05) is 23.4 Å². The summed E-state index contributed by atoms with van der Waals surface area (Å²) in [4.78, 5) is 24.9. The molecule has 0 unspecified atom stereocenters. The Bertz CT molecular complexity index is 613. The molecule has 0 radical (unpaired) electrons. The highest BCUT2D eigenvalue weighted by atomic mass is 79.9. The van der Waals surface area contributed by atoms with Gasteiger partial charge < -0.3 is 9.55 Å². The summed E-state index contributed by atoms with van der Waals surface area (Å²) in [5.74, 6) is 0. The third kappa shape index (κ3) is 2.94. The summed E-state index contributed by atoms with van der Waals surface area (Å²) in [5.41, 5.74) is 0.0355. The highest BCUT2D eigenvalue weighted by Gasteiger charge is 2.00. The van der Waals surface area contributed by atoms with E-state index in [1.807, 2.05) is 24.3 Å². The van der Waals surface area contributed by atoms with Gasteiger partial charge in [-0.1, -0.05) is 28.1 Å². The fraction of sp³-hybridized carbons (Fsp3) is 0.167. The van der Waals surface area contributed by atoms with Crippen molar-refractivity contribution in [3.63, 3.8) is 0 Å². The van der Waals surface area contributed by atoms with Crippen LogP contribution in [0.4, 0.5) is 0 Å². The molecule has 88 valence electrons. The second kappa shape index (κ2) is 5.14. The Morgan fingerprint density at radius 3 is 2.59 bits per heavy atom. The molecule has 4 nitrogen and oxygen atoms in total. The fourth-order valence-electron chi connectivity index (χ4n) is 1.54. The number of nitrogens with zero attached hydrogens (tertiary/aromatic N) is 1. The maximum atomic E-state index is 11.5. The molecule has 17 heavy (non-hydrogen) atoms. The van der Waals surface area contributed by atoms with Crippen molar-refractivity contribution in [2.75, 3.05) is 0 Å². The quantitative estimate of drug-likeness (QED) is 0.873. The highest BCUT2D eigenvalue weighted by Crippen LogP contribution is 2.10. The molecule has 0 amide bonds. The van der Waals surface area contributed by atoms with Gasteiger partial charge in [-0.2, -0.15) is 0 Å². The number of benzene rings is 1. The van der Waals surface area contributed by atoms with Crippen LogP contribution in [0, 0.1) is 0 Å². The van der Waals surface area contributed by atoms with Gasteiger partial charge in [-0.25, -0.2) is 0 Å². The molecule has 0 saturated carbocycles. The number of halogens is 1. The lowest BCUT2D eigenvalue weighted by Crippen LogP contribution is -2.35. The summed E-state index contributed by atoms with van der Waals surface area (Å²) < 4.78 is 2.44. The van der Waals surface area contributed by atoms with Gasteiger partial charge in [0.05, 0.1) is 0 Å². The van der Waals surface area contributed by atoms with Crippen LogP contribution in [0.15, 0.2) is 50.7 Å². The van der Waals surface area contributed by atoms with E-state index in [1.54, 1.807) is 6.20 Å². The number of aryl methyl sites for hydroxylation is 2. The molecule has 0 aliphatic carbocycles. The van der Waals surface area contributed by atoms with Gasteiger partial charge in [0.1, 0.15) is 0 Å². The molecule has 0 saturated heterocycles. The van der Waals surface area contributed by atoms with E-state index in [0.717, 1.165) is 16.5 Å². The number of aromatic nitrogens is 2. The van der Waals surface area contributed by atoms with E-state index >= 15 is 0 Å². The molecule has 5 heteroatoms. The Morgan fingerprint density at radius 2 is 1.88 bits per heavy atom. The standard InChI is InChI=1S/C12H11BrN2O2/c13-10-3-1-9(2-4-10)5-7-15-8-6-14-11(16)12(15)17/h1-4,6,8H,5,7H2,(H,14,16). The predicted molar refractivity (Wildman–Crippen MR) is 69.2 cm³/mol. The normalized spacial score (nSPS) is 10.4. The molecule has 0 atom stereocenters. The van der Waals surface area contributed by atoms with Crippen LogP contribution in [0.1, 0.15) is 5.56 Å². The number of aromatic amines is 1. The zero-order chi connectivity index (χ0) is 12.3. The van der Waals surface area contributed by atoms with Crippen LogP contribution in [0.3, 0.4) is 0 Å². The monoisotopic (exact) mass is 294 g/mol. The van der Waals surface area contributed by atoms with Crippen molar-refractivity contribution < 1.29 is 0 Å². The Labute approximate surface area is 106 Å². The number of hydrogen-bond acceptors (Lipinski definition) is 2. The first-order chi connectivity index (χ1) is 8.16. The van der Waals surface area contributed by atoms with Gasteiger partial charge in [-0.3, -0.25) is 9.59 Å². The maximum Gasteiger partial charge on any atom is 0.316 e. The van der Waals surface area contributed by atoms with Gasteiger partial charge in [0.2, 0.25) is 0 Å². The summed E-state index contributed by atoms with van der Waals surface area (Å²) in [7, 11) is 0. The topological polar surface area (TPSA) is 54.9 Å². The Balaban J connectivity index is 2.13. The van der Waals surface area contributed by atoms with Crippen molar-refractivity contribution in [3.05, 3.63) is 67.4 Å². The lowest BCUT2D eigenvalue weighted by Gasteiger charge is -2.04. The summed E-state index contributed by atoms with van der Waals surface area (Å²) >= 11 is 3.36. The molecule has 2 rings (SSSR count). The van der Waals surface area contributed by atoms with Crippen molar-refractivity contribution in [2.24, 2.45) is 0 Å².